The zero-order chi connectivity index (χ0) is 21.2. The van der Waals surface area contributed by atoms with Gasteiger partial charge in [-0.05, 0) is 33.6 Å². The number of amides is 2. The third-order valence-corrected chi connectivity index (χ3v) is 5.42. The number of rotatable bonds is 5. The summed E-state index contributed by atoms with van der Waals surface area (Å²) in [5, 5.41) is 2.47. The number of esters is 1. The summed E-state index contributed by atoms with van der Waals surface area (Å²) in [6.45, 7) is 9.57. The fourth-order valence-corrected chi connectivity index (χ4v) is 3.83. The number of nitrogens with zero attached hydrogens (tertiary/aromatic N) is 1. The molecule has 0 saturated carbocycles. The standard InChI is InChI=1S/C16H28N2O8S/c1-8-9(2)11(14(20)24-7)17-13(19)12-10(3)26-27(22,23)18(12)15(21)25-16(4,5)6/h9-12H,8H2,1-7H3,(H,17,19)/t9-,10+,11-,12-/m0/s1. The predicted octanol–water partition coefficient (Wildman–Crippen LogP) is 0.960. The van der Waals surface area contributed by atoms with E-state index in [1.807, 2.05) is 6.92 Å². The van der Waals surface area contributed by atoms with Gasteiger partial charge in [0.05, 0.1) is 7.11 Å². The molecule has 1 rings (SSSR count). The van der Waals surface area contributed by atoms with Gasteiger partial charge in [-0.2, -0.15) is 12.7 Å². The van der Waals surface area contributed by atoms with Gasteiger partial charge in [0.15, 0.2) is 6.04 Å². The lowest BCUT2D eigenvalue weighted by atomic mass is 9.98. The van der Waals surface area contributed by atoms with Crippen molar-refractivity contribution in [1.82, 2.24) is 9.62 Å². The maximum Gasteiger partial charge on any atom is 0.426 e. The molecule has 4 atom stereocenters. The van der Waals surface area contributed by atoms with Crippen molar-refractivity contribution in [3.05, 3.63) is 0 Å². The lowest BCUT2D eigenvalue weighted by molar-refractivity contribution is -0.147. The first-order chi connectivity index (χ1) is 12.2. The fraction of sp³-hybridized carbons (Fsp3) is 0.812. The van der Waals surface area contributed by atoms with E-state index in [-0.39, 0.29) is 10.2 Å². The Morgan fingerprint density at radius 3 is 2.26 bits per heavy atom. The third kappa shape index (κ3) is 5.55. The third-order valence-electron chi connectivity index (χ3n) is 4.02. The van der Waals surface area contributed by atoms with Gasteiger partial charge in [-0.25, -0.2) is 13.8 Å². The fourth-order valence-electron chi connectivity index (χ4n) is 2.49. The van der Waals surface area contributed by atoms with Crippen LogP contribution in [0, 0.1) is 5.92 Å². The molecule has 1 saturated heterocycles. The van der Waals surface area contributed by atoms with Crippen LogP contribution < -0.4 is 5.32 Å². The summed E-state index contributed by atoms with van der Waals surface area (Å²) < 4.78 is 39.3. The summed E-state index contributed by atoms with van der Waals surface area (Å²) >= 11 is 0. The van der Waals surface area contributed by atoms with Crippen LogP contribution >= 0.6 is 0 Å². The highest BCUT2D eigenvalue weighted by molar-refractivity contribution is 7.85. The summed E-state index contributed by atoms with van der Waals surface area (Å²) in [5.41, 5.74) is -0.981. The molecule has 27 heavy (non-hydrogen) atoms. The Hall–Kier alpha value is -1.88. The van der Waals surface area contributed by atoms with Gasteiger partial charge in [0, 0.05) is 0 Å². The molecule has 0 aromatic heterocycles. The number of ether oxygens (including phenoxy) is 2. The lowest BCUT2D eigenvalue weighted by Gasteiger charge is -2.28. The number of hydrogen-bond donors (Lipinski definition) is 1. The largest absolute Gasteiger partial charge is 0.467 e. The van der Waals surface area contributed by atoms with E-state index in [2.05, 4.69) is 5.32 Å². The number of hydrogen-bond acceptors (Lipinski definition) is 8. The molecule has 0 aromatic carbocycles. The van der Waals surface area contributed by atoms with Crippen LogP contribution in [0.15, 0.2) is 0 Å². The molecule has 11 heteroatoms. The van der Waals surface area contributed by atoms with E-state index >= 15 is 0 Å². The van der Waals surface area contributed by atoms with Crippen molar-refractivity contribution < 1.29 is 36.5 Å². The maximum absolute atomic E-state index is 12.8. The minimum absolute atomic E-state index is 0.267. The molecule has 10 nitrogen and oxygen atoms in total. The summed E-state index contributed by atoms with van der Waals surface area (Å²) in [4.78, 5) is 37.1. The number of carbonyl (C=O) groups excluding carboxylic acids is 3. The smallest absolute Gasteiger partial charge is 0.426 e. The predicted molar refractivity (Wildman–Crippen MR) is 94.7 cm³/mol. The van der Waals surface area contributed by atoms with Crippen molar-refractivity contribution in [1.29, 1.82) is 0 Å². The molecular weight excluding hydrogens is 380 g/mol. The molecule has 1 fully saturated rings. The summed E-state index contributed by atoms with van der Waals surface area (Å²) in [6.07, 6.45) is -1.83. The molecular formula is C16H28N2O8S. The number of nitrogens with one attached hydrogen (secondary N) is 1. The quantitative estimate of drug-likeness (QED) is 0.666. The van der Waals surface area contributed by atoms with Crippen LogP contribution in [-0.2, 0) is 33.6 Å². The summed E-state index contributed by atoms with van der Waals surface area (Å²) in [6, 6.07) is -2.51. The van der Waals surface area contributed by atoms with E-state index in [0.717, 1.165) is 0 Å². The molecule has 0 unspecified atom stereocenters. The number of carbonyl (C=O) groups is 3. The normalized spacial score (nSPS) is 24.0. The van der Waals surface area contributed by atoms with E-state index in [4.69, 9.17) is 13.7 Å². The first-order valence-electron chi connectivity index (χ1n) is 8.59. The average molecular weight is 408 g/mol. The van der Waals surface area contributed by atoms with Gasteiger partial charge in [0.2, 0.25) is 5.91 Å². The second-order valence-electron chi connectivity index (χ2n) is 7.38. The van der Waals surface area contributed by atoms with E-state index in [9.17, 15) is 22.8 Å². The van der Waals surface area contributed by atoms with Crippen molar-refractivity contribution in [2.75, 3.05) is 7.11 Å². The van der Waals surface area contributed by atoms with Crippen LogP contribution in [0.2, 0.25) is 0 Å². The molecule has 0 aliphatic carbocycles. The number of methoxy groups -OCH3 is 1. The summed E-state index contributed by atoms with van der Waals surface area (Å²) in [5.74, 6) is -1.80. The Labute approximate surface area is 159 Å². The van der Waals surface area contributed by atoms with Gasteiger partial charge < -0.3 is 14.8 Å². The van der Waals surface area contributed by atoms with Crippen LogP contribution in [0.25, 0.3) is 0 Å². The van der Waals surface area contributed by atoms with Gasteiger partial charge in [-0.3, -0.25) is 4.79 Å². The lowest BCUT2D eigenvalue weighted by Crippen LogP contribution is -2.56. The Balaban J connectivity index is 3.16. The van der Waals surface area contributed by atoms with Gasteiger partial charge in [0.1, 0.15) is 17.7 Å². The molecule has 0 spiro atoms. The molecule has 156 valence electrons. The summed E-state index contributed by atoms with van der Waals surface area (Å²) in [7, 11) is -3.32. The minimum atomic E-state index is -4.51. The van der Waals surface area contributed by atoms with Gasteiger partial charge in [-0.15, -0.1) is 0 Å². The van der Waals surface area contributed by atoms with Crippen LogP contribution in [0.4, 0.5) is 4.79 Å². The highest BCUT2D eigenvalue weighted by atomic mass is 32.2. The molecule has 1 N–H and O–H groups in total. The van der Waals surface area contributed by atoms with Crippen molar-refractivity contribution in [3.63, 3.8) is 0 Å². The molecule has 1 aliphatic rings. The maximum atomic E-state index is 12.8. The average Bonchev–Trinajstić information content (AvgIpc) is 2.77. The highest BCUT2D eigenvalue weighted by Crippen LogP contribution is 2.28. The van der Waals surface area contributed by atoms with Crippen molar-refractivity contribution in [2.45, 2.75) is 71.8 Å². The Bertz CT molecular complexity index is 685. The SMILES string of the molecule is CC[C@H](C)[C@H](NC(=O)[C@@H]1[C@@H](C)OS(=O)(=O)N1C(=O)OC(C)(C)C)C(=O)OC. The first kappa shape index (κ1) is 23.2. The van der Waals surface area contributed by atoms with Gasteiger partial charge in [-0.1, -0.05) is 20.3 Å². The molecule has 2 amide bonds. The van der Waals surface area contributed by atoms with Crippen LogP contribution in [0.5, 0.6) is 0 Å². The van der Waals surface area contributed by atoms with E-state index in [1.165, 1.54) is 14.0 Å². The molecule has 1 aliphatic heterocycles. The van der Waals surface area contributed by atoms with Crippen molar-refractivity contribution >= 4 is 28.3 Å². The van der Waals surface area contributed by atoms with Crippen LogP contribution in [-0.4, -0.2) is 61.6 Å². The minimum Gasteiger partial charge on any atom is -0.467 e. The van der Waals surface area contributed by atoms with Gasteiger partial charge >= 0.3 is 22.4 Å². The second kappa shape index (κ2) is 8.42. The molecule has 0 bridgehead atoms. The highest BCUT2D eigenvalue weighted by Gasteiger charge is 2.53. The molecule has 1 heterocycles. The zero-order valence-corrected chi connectivity index (χ0v) is 17.5. The Morgan fingerprint density at radius 1 is 1.26 bits per heavy atom. The second-order valence-corrected chi connectivity index (χ2v) is 8.82. The zero-order valence-electron chi connectivity index (χ0n) is 16.6. The first-order valence-corrected chi connectivity index (χ1v) is 9.95. The van der Waals surface area contributed by atoms with E-state index < -0.39 is 52.1 Å². The topological polar surface area (TPSA) is 128 Å². The van der Waals surface area contributed by atoms with Gasteiger partial charge in [0.25, 0.3) is 0 Å². The molecule has 0 aromatic rings. The van der Waals surface area contributed by atoms with Crippen molar-refractivity contribution in [3.8, 4) is 0 Å². The monoisotopic (exact) mass is 408 g/mol. The van der Waals surface area contributed by atoms with Crippen LogP contribution in [0.1, 0.15) is 48.0 Å². The van der Waals surface area contributed by atoms with E-state index in [1.54, 1.807) is 27.7 Å². The Morgan fingerprint density at radius 2 is 1.81 bits per heavy atom. The van der Waals surface area contributed by atoms with Crippen molar-refractivity contribution in [2.24, 2.45) is 5.92 Å². The van der Waals surface area contributed by atoms with Crippen LogP contribution in [0.3, 0.4) is 0 Å². The van der Waals surface area contributed by atoms with E-state index in [0.29, 0.717) is 6.42 Å². The Kier molecular flexibility index (Phi) is 7.23. The molecule has 0 radical (unpaired) electrons.